The molecule has 0 bridgehead atoms. The number of aryl methyl sites for hydroxylation is 2. The van der Waals surface area contributed by atoms with Gasteiger partial charge in [-0.05, 0) is 67.3 Å². The molecule has 32 heavy (non-hydrogen) atoms. The lowest BCUT2D eigenvalue weighted by Gasteiger charge is -2.53. The van der Waals surface area contributed by atoms with E-state index in [0.717, 1.165) is 73.7 Å². The number of fused-ring (bicyclic) bond motifs is 1. The molecule has 1 aromatic heterocycles. The van der Waals surface area contributed by atoms with Gasteiger partial charge in [0.2, 0.25) is 15.9 Å². The highest BCUT2D eigenvalue weighted by Gasteiger charge is 2.49. The highest BCUT2D eigenvalue weighted by molar-refractivity contribution is 7.89. The predicted molar refractivity (Wildman–Crippen MR) is 122 cm³/mol. The van der Waals surface area contributed by atoms with E-state index in [0.29, 0.717) is 17.0 Å². The summed E-state index contributed by atoms with van der Waals surface area (Å²) in [4.78, 5) is 16.8. The molecule has 3 N–H and O–H groups in total. The molecular weight excluding hydrogens is 428 g/mol. The first-order valence-corrected chi connectivity index (χ1v) is 12.9. The second-order valence-corrected chi connectivity index (χ2v) is 11.1. The average Bonchev–Trinajstić information content (AvgIpc) is 3.09. The van der Waals surface area contributed by atoms with Gasteiger partial charge in [0.25, 0.3) is 0 Å². The Bertz CT molecular complexity index is 1180. The zero-order valence-corrected chi connectivity index (χ0v) is 19.1. The number of rotatable bonds is 5. The summed E-state index contributed by atoms with van der Waals surface area (Å²) in [5.41, 5.74) is 6.11. The molecule has 2 aliphatic carbocycles. The van der Waals surface area contributed by atoms with Crippen molar-refractivity contribution >= 4 is 21.7 Å². The Hall–Kier alpha value is -2.65. The van der Waals surface area contributed by atoms with E-state index >= 15 is 0 Å². The largest absolute Gasteiger partial charge is 0.474 e. The highest BCUT2D eigenvalue weighted by Crippen LogP contribution is 2.46. The van der Waals surface area contributed by atoms with E-state index in [1.165, 1.54) is 5.56 Å². The van der Waals surface area contributed by atoms with Gasteiger partial charge >= 0.3 is 6.03 Å². The fourth-order valence-corrected chi connectivity index (χ4v) is 5.66. The zero-order valence-electron chi connectivity index (χ0n) is 18.3. The minimum atomic E-state index is -3.67. The Morgan fingerprint density at radius 1 is 1.25 bits per heavy atom. The van der Waals surface area contributed by atoms with Gasteiger partial charge in [0.15, 0.2) is 0 Å². The van der Waals surface area contributed by atoms with Gasteiger partial charge in [-0.2, -0.15) is 0 Å². The fraction of sp³-hybridized carbons (Fsp3) is 0.478. The molecule has 1 saturated carbocycles. The quantitative estimate of drug-likeness (QED) is 0.638. The van der Waals surface area contributed by atoms with E-state index in [1.807, 2.05) is 23.8 Å². The summed E-state index contributed by atoms with van der Waals surface area (Å²) in [5.74, 6) is 0.570. The van der Waals surface area contributed by atoms with Crippen molar-refractivity contribution in [2.24, 2.45) is 5.41 Å². The van der Waals surface area contributed by atoms with Crippen molar-refractivity contribution in [1.29, 1.82) is 0 Å². The number of nitrogens with one attached hydrogen (secondary N) is 3. The first-order valence-electron chi connectivity index (χ1n) is 11.0. The molecule has 1 spiro atoms. The number of amides is 2. The number of benzene rings is 1. The Labute approximate surface area is 188 Å². The molecule has 1 saturated heterocycles. The van der Waals surface area contributed by atoms with Gasteiger partial charge in [-0.1, -0.05) is 6.07 Å². The third-order valence-corrected chi connectivity index (χ3v) is 7.30. The Morgan fingerprint density at radius 2 is 2.03 bits per heavy atom. The lowest BCUT2D eigenvalue weighted by atomic mass is 9.63. The van der Waals surface area contributed by atoms with Crippen LogP contribution in [0.4, 0.5) is 10.5 Å². The number of hydrogen-bond donors (Lipinski definition) is 3. The molecule has 2 fully saturated rings. The first kappa shape index (κ1) is 21.2. The van der Waals surface area contributed by atoms with Crippen molar-refractivity contribution in [3.63, 3.8) is 0 Å². The van der Waals surface area contributed by atoms with E-state index in [1.54, 1.807) is 6.20 Å². The SMILES string of the molecule is Cc1cc2c(c(NC(=O)NS(C)(=O)=O)c1-c1ccnc(OC3CC4(CNC4)C3)c1)CCC2. The predicted octanol–water partition coefficient (Wildman–Crippen LogP) is 2.76. The maximum Gasteiger partial charge on any atom is 0.332 e. The van der Waals surface area contributed by atoms with Crippen LogP contribution in [0.1, 0.15) is 36.0 Å². The molecule has 2 aromatic rings. The second kappa shape index (κ2) is 7.74. The van der Waals surface area contributed by atoms with Crippen LogP contribution in [0.2, 0.25) is 0 Å². The number of ether oxygens (including phenoxy) is 1. The van der Waals surface area contributed by atoms with Crippen LogP contribution in [0, 0.1) is 12.3 Å². The van der Waals surface area contributed by atoms with Crippen molar-refractivity contribution in [2.75, 3.05) is 24.7 Å². The van der Waals surface area contributed by atoms with Crippen LogP contribution in [0.3, 0.4) is 0 Å². The van der Waals surface area contributed by atoms with Crippen LogP contribution in [-0.2, 0) is 22.9 Å². The van der Waals surface area contributed by atoms with Crippen molar-refractivity contribution in [1.82, 2.24) is 15.0 Å². The molecule has 8 nitrogen and oxygen atoms in total. The third-order valence-electron chi connectivity index (χ3n) is 6.75. The summed E-state index contributed by atoms with van der Waals surface area (Å²) in [7, 11) is -3.67. The van der Waals surface area contributed by atoms with Crippen LogP contribution in [-0.4, -0.2) is 44.9 Å². The molecule has 0 unspecified atom stereocenters. The van der Waals surface area contributed by atoms with Crippen molar-refractivity contribution in [3.05, 3.63) is 41.1 Å². The van der Waals surface area contributed by atoms with Crippen molar-refractivity contribution < 1.29 is 17.9 Å². The van der Waals surface area contributed by atoms with Gasteiger partial charge in [-0.15, -0.1) is 0 Å². The average molecular weight is 457 g/mol. The summed E-state index contributed by atoms with van der Waals surface area (Å²) in [5, 5.41) is 6.15. The molecule has 0 atom stereocenters. The maximum atomic E-state index is 12.4. The van der Waals surface area contributed by atoms with E-state index in [4.69, 9.17) is 4.74 Å². The third kappa shape index (κ3) is 4.06. The van der Waals surface area contributed by atoms with Crippen LogP contribution >= 0.6 is 0 Å². The summed E-state index contributed by atoms with van der Waals surface area (Å²) in [6, 6.07) is 5.21. The number of carbonyl (C=O) groups excluding carboxylic acids is 1. The summed E-state index contributed by atoms with van der Waals surface area (Å²) in [6.07, 6.45) is 7.74. The number of sulfonamides is 1. The smallest absolute Gasteiger partial charge is 0.332 e. The molecule has 2 heterocycles. The van der Waals surface area contributed by atoms with E-state index in [9.17, 15) is 13.2 Å². The number of carbonyl (C=O) groups is 1. The number of anilines is 1. The van der Waals surface area contributed by atoms with Crippen molar-refractivity contribution in [2.45, 2.75) is 45.1 Å². The summed E-state index contributed by atoms with van der Waals surface area (Å²) < 4.78 is 31.2. The monoisotopic (exact) mass is 456 g/mol. The second-order valence-electron chi connectivity index (χ2n) is 9.40. The van der Waals surface area contributed by atoms with E-state index in [-0.39, 0.29) is 6.10 Å². The van der Waals surface area contributed by atoms with Gasteiger partial charge in [-0.3, -0.25) is 0 Å². The first-order chi connectivity index (χ1) is 15.2. The van der Waals surface area contributed by atoms with Crippen LogP contribution in [0.5, 0.6) is 5.88 Å². The maximum absolute atomic E-state index is 12.4. The molecule has 170 valence electrons. The number of aromatic nitrogens is 1. The lowest BCUT2D eigenvalue weighted by molar-refractivity contribution is -0.0512. The molecule has 1 aromatic carbocycles. The molecule has 3 aliphatic rings. The number of pyridine rings is 1. The molecular formula is C23H28N4O4S. The molecule has 0 radical (unpaired) electrons. The number of urea groups is 1. The molecule has 2 amide bonds. The lowest BCUT2D eigenvalue weighted by Crippen LogP contribution is -2.62. The zero-order chi connectivity index (χ0) is 22.5. The van der Waals surface area contributed by atoms with Crippen molar-refractivity contribution in [3.8, 4) is 17.0 Å². The van der Waals surface area contributed by atoms with Crippen LogP contribution in [0.15, 0.2) is 24.4 Å². The topological polar surface area (TPSA) is 109 Å². The normalized spacial score (nSPS) is 19.1. The fourth-order valence-electron chi connectivity index (χ4n) is 5.27. The Morgan fingerprint density at radius 3 is 2.72 bits per heavy atom. The molecule has 1 aliphatic heterocycles. The molecule has 9 heteroatoms. The van der Waals surface area contributed by atoms with Gasteiger partial charge in [0.1, 0.15) is 6.10 Å². The van der Waals surface area contributed by atoms with E-state index in [2.05, 4.69) is 21.7 Å². The van der Waals surface area contributed by atoms with Crippen LogP contribution in [0.25, 0.3) is 11.1 Å². The number of hydrogen-bond acceptors (Lipinski definition) is 6. The molecule has 5 rings (SSSR count). The van der Waals surface area contributed by atoms with Gasteiger partial charge in [-0.25, -0.2) is 22.9 Å². The Balaban J connectivity index is 1.45. The van der Waals surface area contributed by atoms with Gasteiger partial charge < -0.3 is 15.4 Å². The van der Waals surface area contributed by atoms with E-state index < -0.39 is 16.1 Å². The van der Waals surface area contributed by atoms with Crippen LogP contribution < -0.4 is 20.1 Å². The summed E-state index contributed by atoms with van der Waals surface area (Å²) >= 11 is 0. The minimum absolute atomic E-state index is 0.180. The highest BCUT2D eigenvalue weighted by atomic mass is 32.2. The minimum Gasteiger partial charge on any atom is -0.474 e. The number of nitrogens with zero attached hydrogens (tertiary/aromatic N) is 1. The van der Waals surface area contributed by atoms with Gasteiger partial charge in [0.05, 0.1) is 11.9 Å². The summed E-state index contributed by atoms with van der Waals surface area (Å²) in [6.45, 7) is 4.15. The standard InChI is InChI=1S/C23H28N4O4S/c1-14-8-15-4-3-5-18(15)21(26-22(28)27-32(2,29)30)20(14)16-6-7-25-19(9-16)31-17-10-23(11-17)12-24-13-23/h6-9,17,24H,3-5,10-13H2,1-2H3,(H2,26,27,28). The van der Waals surface area contributed by atoms with Gasteiger partial charge in [0, 0.05) is 36.3 Å². The Kier molecular flexibility index (Phi) is 5.13.